The van der Waals surface area contributed by atoms with Crippen LogP contribution >= 0.6 is 34.0 Å². The first kappa shape index (κ1) is 97.6. The third kappa shape index (κ3) is 27.8. The number of pyridine rings is 3. The van der Waals surface area contributed by atoms with E-state index < -0.39 is 0 Å². The molecule has 0 saturated heterocycles. The first-order valence-corrected chi connectivity index (χ1v) is 42.4. The fourth-order valence-electron chi connectivity index (χ4n) is 13.5. The Hall–Kier alpha value is -10.9. The normalized spacial score (nSPS) is 11.2. The number of allylic oxidation sites excluding steroid dienone is 6. The van der Waals surface area contributed by atoms with Crippen LogP contribution in [0.15, 0.2) is 321 Å². The molecule has 15 heteroatoms. The number of carbonyl (C=O) groups excluding carboxylic acids is 3. The number of benzene rings is 10. The van der Waals surface area contributed by atoms with Crippen LogP contribution in [-0.2, 0) is 80.1 Å². The third-order valence-electron chi connectivity index (χ3n) is 19.6. The zero-order chi connectivity index (χ0) is 85.7. The number of aliphatic hydroxyl groups is 3. The number of fused-ring (bicyclic) bond motifs is 3. The van der Waals surface area contributed by atoms with E-state index in [4.69, 9.17) is 30.3 Å². The Kier molecular flexibility index (Phi) is 36.5. The standard InChI is InChI=1S/C33H24NS.C31H28NS.C29H24NS.3C5H8O2.3Ir/c1-22-8-6-9-23(2)33(22)26-16-14-25(15-17-26)31-19-29-21-34-30(20-32(29)35-31)28-13-7-12-27(18-28)24-10-4-3-5-11-24;1-20(2)25-14-26(21(3)4)16-27(15-25)30-17-28-19-32-29(18-31(28)33-30)24-12-8-11-23(13-24)22-9-6-5-7-10-22;1-29(2,3)25-14-12-21(13-15-25)27-17-24-19-30-26(18-28(24)31-27)23-11-7-10-22(16-23)20-8-5-4-6-9-20;3*1-4(6)3-5(2)7;;;/h3-12,14-21H,1-2H3;5-11,13-21H,1-4H3;4-10,12-19H,1-3H3;3*3,6H,1-2H3;;;/q3*-1;;;;;;. The van der Waals surface area contributed by atoms with E-state index in [2.05, 4.69) is 311 Å². The van der Waals surface area contributed by atoms with E-state index in [1.54, 1.807) is 0 Å². The number of thiophene rings is 3. The third-order valence-corrected chi connectivity index (χ3v) is 23.0. The maximum absolute atomic E-state index is 10.0. The van der Waals surface area contributed by atoms with Crippen LogP contribution in [0.4, 0.5) is 0 Å². The van der Waals surface area contributed by atoms with Gasteiger partial charge in [0, 0.05) is 142 Å². The molecule has 6 heterocycles. The van der Waals surface area contributed by atoms with Gasteiger partial charge in [0.15, 0.2) is 17.3 Å². The Morgan fingerprint density at radius 1 is 0.341 bits per heavy atom. The van der Waals surface area contributed by atoms with Crippen molar-refractivity contribution in [3.63, 3.8) is 0 Å². The molecule has 631 valence electrons. The summed E-state index contributed by atoms with van der Waals surface area (Å²) >= 11 is 5.48. The number of hydrogen-bond acceptors (Lipinski definition) is 12. The van der Waals surface area contributed by atoms with Crippen LogP contribution in [0.5, 0.6) is 0 Å². The van der Waals surface area contributed by atoms with Crippen molar-refractivity contribution in [2.75, 3.05) is 0 Å². The van der Waals surface area contributed by atoms with Crippen LogP contribution in [0.3, 0.4) is 0 Å². The Bertz CT molecular complexity index is 6220. The predicted octanol–water partition coefficient (Wildman–Crippen LogP) is 30.2. The molecule has 0 atom stereocenters. The van der Waals surface area contributed by atoms with Crippen LogP contribution in [0.25, 0.3) is 140 Å². The number of hydrogen-bond donors (Lipinski definition) is 3. The van der Waals surface area contributed by atoms with Gasteiger partial charge in [-0.3, -0.25) is 14.4 Å². The summed E-state index contributed by atoms with van der Waals surface area (Å²) in [5.74, 6) is 0.836. The largest absolute Gasteiger partial charge is 0.512 e. The average molecular weight is 2210 g/mol. The second-order valence-electron chi connectivity index (χ2n) is 31.3. The molecule has 3 N–H and O–H groups in total. The molecular formula is C108H100Ir3N3O6S3-3. The van der Waals surface area contributed by atoms with E-state index in [1.807, 2.05) is 89.0 Å². The molecule has 10 aromatic carbocycles. The molecule has 0 saturated carbocycles. The molecule has 3 radical (unpaired) electrons. The topological polar surface area (TPSA) is 151 Å². The fourth-order valence-corrected chi connectivity index (χ4v) is 16.7. The van der Waals surface area contributed by atoms with Crippen LogP contribution < -0.4 is 0 Å². The van der Waals surface area contributed by atoms with Crippen LogP contribution in [-0.4, -0.2) is 47.6 Å². The summed E-state index contributed by atoms with van der Waals surface area (Å²) in [6, 6.07) is 105. The number of carbonyl (C=O) groups is 3. The van der Waals surface area contributed by atoms with Crippen molar-refractivity contribution in [2.45, 2.75) is 121 Å². The smallest absolute Gasteiger partial charge is 0.155 e. The van der Waals surface area contributed by atoms with Gasteiger partial charge in [-0.1, -0.05) is 243 Å². The van der Waals surface area contributed by atoms with Crippen molar-refractivity contribution in [1.82, 2.24) is 15.0 Å². The maximum Gasteiger partial charge on any atom is 0.155 e. The van der Waals surface area contributed by atoms with E-state index in [1.165, 1.54) is 194 Å². The number of aryl methyl sites for hydroxylation is 2. The molecule has 16 rings (SSSR count). The minimum absolute atomic E-state index is 0. The SMILES string of the molecule is CC(=O)C=C(C)O.CC(=O)C=C(C)O.CC(=O)C=C(C)O.CC(C)(C)c1ccc(-c2cc3cnc(-c4[c-]ccc(-c5ccccc5)c4)cc3s2)cc1.CC(C)c1cc(-c2cc3cnc(-c4[c-]ccc(-c5ccccc5)c4)cc3s2)cc(C(C)C)c1.Cc1cccc(C)c1-c1ccc(-c2cc3cnc(-c4[c-]ccc(-c5ccccc5)c4)cc3s2)cc1.[Ir].[Ir].[Ir]. The Morgan fingerprint density at radius 3 is 0.927 bits per heavy atom. The molecule has 0 fully saturated rings. The molecule has 0 amide bonds. The van der Waals surface area contributed by atoms with Gasteiger partial charge >= 0.3 is 0 Å². The maximum atomic E-state index is 10.0. The summed E-state index contributed by atoms with van der Waals surface area (Å²) in [5.41, 5.74) is 26.5. The number of aliphatic hydroxyl groups excluding tert-OH is 3. The quantitative estimate of drug-likeness (QED) is 0.0518. The van der Waals surface area contributed by atoms with Gasteiger partial charge in [0.2, 0.25) is 0 Å². The van der Waals surface area contributed by atoms with Gasteiger partial charge < -0.3 is 30.3 Å². The summed E-state index contributed by atoms with van der Waals surface area (Å²) < 4.78 is 3.75. The van der Waals surface area contributed by atoms with Crippen molar-refractivity contribution >= 4 is 81.6 Å². The zero-order valence-corrected chi connectivity index (χ0v) is 81.3. The molecule has 0 aliphatic rings. The van der Waals surface area contributed by atoms with Crippen LogP contribution in [0, 0.1) is 32.0 Å². The van der Waals surface area contributed by atoms with Gasteiger partial charge in [0.1, 0.15) is 0 Å². The second-order valence-corrected chi connectivity index (χ2v) is 34.5. The monoisotopic (exact) mass is 2210 g/mol. The molecule has 0 spiro atoms. The molecule has 16 aromatic rings. The van der Waals surface area contributed by atoms with Crippen molar-refractivity contribution < 1.29 is 90.0 Å². The Balaban J connectivity index is 0.000000202. The summed E-state index contributed by atoms with van der Waals surface area (Å²) in [5, 5.41) is 28.6. The predicted molar refractivity (Wildman–Crippen MR) is 507 cm³/mol. The van der Waals surface area contributed by atoms with E-state index in [9.17, 15) is 14.4 Å². The summed E-state index contributed by atoms with van der Waals surface area (Å²) in [7, 11) is 0. The van der Waals surface area contributed by atoms with Gasteiger partial charge in [-0.05, 0) is 180 Å². The molecule has 0 unspecified atom stereocenters. The molecule has 9 nitrogen and oxygen atoms in total. The Morgan fingerprint density at radius 2 is 0.642 bits per heavy atom. The molecule has 0 bridgehead atoms. The van der Waals surface area contributed by atoms with Gasteiger partial charge in [-0.15, -0.1) is 140 Å². The molecule has 0 aliphatic heterocycles. The van der Waals surface area contributed by atoms with Crippen molar-refractivity contribution in [1.29, 1.82) is 0 Å². The Labute approximate surface area is 777 Å². The number of ketones is 3. The minimum Gasteiger partial charge on any atom is -0.512 e. The number of aromatic nitrogens is 3. The minimum atomic E-state index is -0.125. The number of rotatable bonds is 15. The van der Waals surface area contributed by atoms with Crippen LogP contribution in [0.1, 0.15) is 130 Å². The zero-order valence-electron chi connectivity index (χ0n) is 71.7. The van der Waals surface area contributed by atoms with Crippen molar-refractivity contribution in [3.05, 3.63) is 367 Å². The first-order chi connectivity index (χ1) is 57.5. The summed E-state index contributed by atoms with van der Waals surface area (Å²) in [4.78, 5) is 48.2. The van der Waals surface area contributed by atoms with E-state index in [0.717, 1.165) is 33.8 Å². The van der Waals surface area contributed by atoms with E-state index in [-0.39, 0.29) is 100 Å². The van der Waals surface area contributed by atoms with Gasteiger partial charge in [0.05, 0.1) is 17.3 Å². The second kappa shape index (κ2) is 46.0. The van der Waals surface area contributed by atoms with E-state index in [0.29, 0.717) is 11.8 Å². The van der Waals surface area contributed by atoms with Crippen LogP contribution in [0.2, 0.25) is 0 Å². The van der Waals surface area contributed by atoms with Gasteiger partial charge in [-0.2, -0.15) is 0 Å². The first-order valence-electron chi connectivity index (χ1n) is 40.0. The van der Waals surface area contributed by atoms with Gasteiger partial charge in [-0.25, -0.2) is 0 Å². The molecule has 123 heavy (non-hydrogen) atoms. The molecule has 6 aromatic heterocycles. The molecular weight excluding hydrogens is 2110 g/mol. The summed E-state index contributed by atoms with van der Waals surface area (Å²) in [6.07, 6.45) is 9.47. The van der Waals surface area contributed by atoms with Gasteiger partial charge in [0.25, 0.3) is 0 Å². The summed E-state index contributed by atoms with van der Waals surface area (Å²) in [6.45, 7) is 28.7. The van der Waals surface area contributed by atoms with Crippen molar-refractivity contribution in [2.24, 2.45) is 0 Å². The van der Waals surface area contributed by atoms with E-state index >= 15 is 0 Å². The number of nitrogens with zero attached hydrogens (tertiary/aromatic N) is 3. The molecule has 0 aliphatic carbocycles. The van der Waals surface area contributed by atoms with Crippen molar-refractivity contribution in [3.8, 4) is 110 Å². The fraction of sp³-hybridized carbons (Fsp3) is 0.167. The average Bonchev–Trinajstić information content (AvgIpc) is 1.74.